The minimum atomic E-state index is -0.195. The lowest BCUT2D eigenvalue weighted by Gasteiger charge is -2.19. The van der Waals surface area contributed by atoms with E-state index in [-0.39, 0.29) is 17.9 Å². The van der Waals surface area contributed by atoms with Gasteiger partial charge >= 0.3 is 0 Å². The van der Waals surface area contributed by atoms with Crippen LogP contribution in [0.1, 0.15) is 34.1 Å². The molecule has 1 unspecified atom stereocenters. The quantitative estimate of drug-likeness (QED) is 0.807. The highest BCUT2D eigenvalue weighted by Crippen LogP contribution is 2.25. The zero-order valence-corrected chi connectivity index (χ0v) is 17.0. The molecule has 0 saturated carbocycles. The van der Waals surface area contributed by atoms with E-state index in [1.54, 1.807) is 0 Å². The summed E-state index contributed by atoms with van der Waals surface area (Å²) >= 11 is 0. The van der Waals surface area contributed by atoms with Crippen molar-refractivity contribution in [1.82, 2.24) is 5.32 Å². The predicted molar refractivity (Wildman–Crippen MR) is 117 cm³/mol. The van der Waals surface area contributed by atoms with Crippen molar-refractivity contribution in [3.63, 3.8) is 0 Å². The average molecular weight is 377 g/mol. The molecular formula is C23H28N4O. The number of allylic oxidation sites excluding steroid dienone is 5. The van der Waals surface area contributed by atoms with Crippen LogP contribution in [-0.2, 0) is 4.79 Å². The fourth-order valence-corrected chi connectivity index (χ4v) is 3.38. The number of nitrogens with one attached hydrogen (secondary N) is 1. The van der Waals surface area contributed by atoms with Gasteiger partial charge in [0.05, 0.1) is 23.0 Å². The number of amides is 1. The summed E-state index contributed by atoms with van der Waals surface area (Å²) in [6.07, 6.45) is 8.91. The number of anilines is 1. The monoisotopic (exact) mass is 376 g/mol. The lowest BCUT2D eigenvalue weighted by atomic mass is 9.99. The minimum absolute atomic E-state index is 0.0354. The van der Waals surface area contributed by atoms with E-state index in [1.807, 2.05) is 56.3 Å². The van der Waals surface area contributed by atoms with E-state index in [0.29, 0.717) is 13.0 Å². The Hall–Kier alpha value is -2.95. The van der Waals surface area contributed by atoms with Crippen LogP contribution in [0.5, 0.6) is 0 Å². The molecule has 0 aromatic heterocycles. The van der Waals surface area contributed by atoms with Crippen LogP contribution >= 0.6 is 0 Å². The molecule has 2 aliphatic rings. The zero-order chi connectivity index (χ0) is 20.1. The summed E-state index contributed by atoms with van der Waals surface area (Å²) < 4.78 is 0. The van der Waals surface area contributed by atoms with Gasteiger partial charge in [0.1, 0.15) is 0 Å². The molecule has 1 aromatic carbocycles. The maximum Gasteiger partial charge on any atom is 0.256 e. The second kappa shape index (κ2) is 8.83. The molecule has 0 radical (unpaired) electrons. The van der Waals surface area contributed by atoms with Gasteiger partial charge < -0.3 is 5.32 Å². The highest BCUT2D eigenvalue weighted by atomic mass is 16.2. The first-order valence-corrected chi connectivity index (χ1v) is 9.82. The minimum Gasteiger partial charge on any atom is -0.383 e. The molecule has 1 heterocycles. The van der Waals surface area contributed by atoms with Crippen molar-refractivity contribution in [2.75, 3.05) is 11.6 Å². The van der Waals surface area contributed by atoms with Crippen LogP contribution in [0.2, 0.25) is 0 Å². The second-order valence-electron chi connectivity index (χ2n) is 7.25. The number of hydrogen-bond donors (Lipinski definition) is 1. The van der Waals surface area contributed by atoms with Crippen molar-refractivity contribution in [3.05, 3.63) is 65.9 Å². The standard InChI is InChI=1S/C23H28N4O/c1-5-18-10-9-13-21(22(18)25-16(2)3)24-15-14-20-17(4)26-27(23(20)28)19-11-7-6-8-12-19/h5-13,16,20,24H,14-15H2,1-4H3/b18-5-,25-22?. The first-order valence-electron chi connectivity index (χ1n) is 9.82. The van der Waals surface area contributed by atoms with E-state index >= 15 is 0 Å². The summed E-state index contributed by atoms with van der Waals surface area (Å²) in [5.74, 6) is -0.160. The van der Waals surface area contributed by atoms with E-state index < -0.39 is 0 Å². The molecule has 146 valence electrons. The van der Waals surface area contributed by atoms with Gasteiger partial charge in [0, 0.05) is 18.3 Å². The number of nitrogens with zero attached hydrogens (tertiary/aromatic N) is 3. The average Bonchev–Trinajstić information content (AvgIpc) is 2.97. The third-order valence-electron chi connectivity index (χ3n) is 4.78. The smallest absolute Gasteiger partial charge is 0.256 e. The third-order valence-corrected chi connectivity index (χ3v) is 4.78. The molecule has 0 bridgehead atoms. The van der Waals surface area contributed by atoms with Gasteiger partial charge in [-0.3, -0.25) is 9.79 Å². The lowest BCUT2D eigenvalue weighted by molar-refractivity contribution is -0.119. The molecule has 1 N–H and O–H groups in total. The molecule has 0 spiro atoms. The summed E-state index contributed by atoms with van der Waals surface area (Å²) in [6.45, 7) is 8.78. The fourth-order valence-electron chi connectivity index (χ4n) is 3.38. The Kier molecular flexibility index (Phi) is 6.24. The van der Waals surface area contributed by atoms with Crippen LogP contribution in [0, 0.1) is 5.92 Å². The zero-order valence-electron chi connectivity index (χ0n) is 17.0. The van der Waals surface area contributed by atoms with Crippen LogP contribution in [0.3, 0.4) is 0 Å². The lowest BCUT2D eigenvalue weighted by Crippen LogP contribution is -2.31. The van der Waals surface area contributed by atoms with E-state index in [2.05, 4.69) is 36.4 Å². The number of hydrazone groups is 1. The molecule has 0 fully saturated rings. The van der Waals surface area contributed by atoms with Crippen LogP contribution in [-0.4, -0.2) is 29.9 Å². The number of para-hydroxylation sites is 1. The van der Waals surface area contributed by atoms with Gasteiger partial charge in [-0.05, 0) is 57.9 Å². The van der Waals surface area contributed by atoms with Crippen molar-refractivity contribution < 1.29 is 4.79 Å². The Morgan fingerprint density at radius 1 is 1.29 bits per heavy atom. The van der Waals surface area contributed by atoms with E-state index in [9.17, 15) is 4.79 Å². The van der Waals surface area contributed by atoms with Crippen molar-refractivity contribution in [2.24, 2.45) is 16.0 Å². The topological polar surface area (TPSA) is 57.1 Å². The first-order chi connectivity index (χ1) is 13.5. The Morgan fingerprint density at radius 2 is 2.04 bits per heavy atom. The largest absolute Gasteiger partial charge is 0.383 e. The summed E-state index contributed by atoms with van der Waals surface area (Å²) in [5, 5.41) is 9.48. The van der Waals surface area contributed by atoms with E-state index in [1.165, 1.54) is 5.01 Å². The molecule has 5 nitrogen and oxygen atoms in total. The molecule has 1 amide bonds. The summed E-state index contributed by atoms with van der Waals surface area (Å²) in [4.78, 5) is 17.6. The number of hydrogen-bond acceptors (Lipinski definition) is 4. The van der Waals surface area contributed by atoms with Crippen molar-refractivity contribution in [2.45, 2.75) is 40.2 Å². The summed E-state index contributed by atoms with van der Waals surface area (Å²) in [7, 11) is 0. The highest BCUT2D eigenvalue weighted by molar-refractivity contribution is 6.15. The Labute approximate surface area is 167 Å². The first kappa shape index (κ1) is 19.8. The van der Waals surface area contributed by atoms with E-state index in [0.717, 1.165) is 28.4 Å². The van der Waals surface area contributed by atoms with Gasteiger partial charge in [0.15, 0.2) is 0 Å². The highest BCUT2D eigenvalue weighted by Gasteiger charge is 2.33. The van der Waals surface area contributed by atoms with Crippen LogP contribution < -0.4 is 10.3 Å². The number of carbonyl (C=O) groups excluding carboxylic acids is 1. The molecule has 1 aromatic rings. The van der Waals surface area contributed by atoms with Crippen LogP contribution in [0.4, 0.5) is 5.69 Å². The number of benzene rings is 1. The SMILES string of the molecule is C/C=C1/C=CC=C(NCCC2C(=O)N(c3ccccc3)N=C2C)C1=NC(C)C. The number of carbonyl (C=O) groups is 1. The Balaban J connectivity index is 1.65. The van der Waals surface area contributed by atoms with Crippen molar-refractivity contribution >= 4 is 23.0 Å². The van der Waals surface area contributed by atoms with Gasteiger partial charge in [0.2, 0.25) is 0 Å². The Bertz CT molecular complexity index is 875. The molecule has 1 aliphatic heterocycles. The molecule has 1 atom stereocenters. The molecule has 28 heavy (non-hydrogen) atoms. The van der Waals surface area contributed by atoms with Crippen LogP contribution in [0.25, 0.3) is 0 Å². The second-order valence-corrected chi connectivity index (χ2v) is 7.25. The predicted octanol–water partition coefficient (Wildman–Crippen LogP) is 4.25. The summed E-state index contributed by atoms with van der Waals surface area (Å²) in [5.41, 5.74) is 4.77. The Morgan fingerprint density at radius 3 is 2.71 bits per heavy atom. The molecular weight excluding hydrogens is 348 g/mol. The van der Waals surface area contributed by atoms with Crippen molar-refractivity contribution in [1.29, 1.82) is 0 Å². The van der Waals surface area contributed by atoms with Gasteiger partial charge in [0.25, 0.3) is 5.91 Å². The van der Waals surface area contributed by atoms with E-state index in [4.69, 9.17) is 4.99 Å². The van der Waals surface area contributed by atoms with Gasteiger partial charge in [-0.25, -0.2) is 5.01 Å². The van der Waals surface area contributed by atoms with Gasteiger partial charge in [-0.15, -0.1) is 0 Å². The number of rotatable bonds is 6. The fraction of sp³-hybridized carbons (Fsp3) is 0.348. The van der Waals surface area contributed by atoms with Gasteiger partial charge in [-0.1, -0.05) is 36.4 Å². The molecule has 0 saturated heterocycles. The molecule has 1 aliphatic carbocycles. The maximum absolute atomic E-state index is 12.8. The third kappa shape index (κ3) is 4.30. The molecule has 5 heteroatoms. The normalized spacial score (nSPS) is 22.2. The maximum atomic E-state index is 12.8. The summed E-state index contributed by atoms with van der Waals surface area (Å²) in [6, 6.07) is 9.79. The number of aliphatic imine (C=N–C) groups is 1. The van der Waals surface area contributed by atoms with Crippen LogP contribution in [0.15, 0.2) is 76.0 Å². The molecule has 3 rings (SSSR count). The van der Waals surface area contributed by atoms with Gasteiger partial charge in [-0.2, -0.15) is 5.10 Å². The van der Waals surface area contributed by atoms with Crippen molar-refractivity contribution in [3.8, 4) is 0 Å².